The number of para-hydroxylation sites is 2. The Kier molecular flexibility index (Phi) is 5.72. The molecule has 3 unspecified atom stereocenters. The molecule has 1 aliphatic carbocycles. The second kappa shape index (κ2) is 7.53. The number of methoxy groups -OCH3 is 1. The van der Waals surface area contributed by atoms with Crippen LogP contribution in [0.1, 0.15) is 39.0 Å². The average Bonchev–Trinajstić information content (AvgIpc) is 2.49. The zero-order chi connectivity index (χ0) is 14.4. The van der Waals surface area contributed by atoms with Crippen LogP contribution in [0.4, 0.5) is 0 Å². The molecule has 0 aromatic heterocycles. The van der Waals surface area contributed by atoms with E-state index in [1.807, 2.05) is 24.3 Å². The minimum Gasteiger partial charge on any atom is -0.493 e. The van der Waals surface area contributed by atoms with Gasteiger partial charge in [0.25, 0.3) is 0 Å². The second-order valence-corrected chi connectivity index (χ2v) is 5.70. The summed E-state index contributed by atoms with van der Waals surface area (Å²) in [5.41, 5.74) is 0. The van der Waals surface area contributed by atoms with Crippen molar-refractivity contribution in [1.82, 2.24) is 0 Å². The largest absolute Gasteiger partial charge is 0.493 e. The van der Waals surface area contributed by atoms with Gasteiger partial charge in [0.1, 0.15) is 0 Å². The quantitative estimate of drug-likeness (QED) is 0.863. The highest BCUT2D eigenvalue weighted by molar-refractivity contribution is 5.39. The third kappa shape index (κ3) is 3.89. The van der Waals surface area contributed by atoms with Gasteiger partial charge in [-0.05, 0) is 49.7 Å². The molecule has 0 aliphatic heterocycles. The maximum Gasteiger partial charge on any atom is 0.161 e. The maximum atomic E-state index is 10.1. The van der Waals surface area contributed by atoms with Crippen molar-refractivity contribution in [2.45, 2.75) is 45.1 Å². The fourth-order valence-corrected chi connectivity index (χ4v) is 3.08. The van der Waals surface area contributed by atoms with Crippen molar-refractivity contribution in [1.29, 1.82) is 0 Å². The molecule has 1 aliphatic rings. The van der Waals surface area contributed by atoms with Gasteiger partial charge in [-0.25, -0.2) is 0 Å². The SMILES string of the molecule is CCC1CCC(O)C(CCOc2ccccc2OC)C1. The highest BCUT2D eigenvalue weighted by Gasteiger charge is 2.28. The van der Waals surface area contributed by atoms with Gasteiger partial charge >= 0.3 is 0 Å². The van der Waals surface area contributed by atoms with Gasteiger partial charge in [0.05, 0.1) is 19.8 Å². The van der Waals surface area contributed by atoms with Gasteiger partial charge in [-0.1, -0.05) is 25.5 Å². The van der Waals surface area contributed by atoms with E-state index in [2.05, 4.69) is 6.92 Å². The molecule has 0 radical (unpaired) electrons. The number of hydrogen-bond acceptors (Lipinski definition) is 3. The minimum atomic E-state index is -0.154. The highest BCUT2D eigenvalue weighted by Crippen LogP contribution is 2.33. The summed E-state index contributed by atoms with van der Waals surface area (Å²) in [5, 5.41) is 10.1. The first-order valence-electron chi connectivity index (χ1n) is 7.68. The molecule has 0 heterocycles. The van der Waals surface area contributed by atoms with E-state index in [0.29, 0.717) is 12.5 Å². The van der Waals surface area contributed by atoms with Gasteiger partial charge < -0.3 is 14.6 Å². The molecule has 0 spiro atoms. The van der Waals surface area contributed by atoms with E-state index in [-0.39, 0.29) is 6.10 Å². The lowest BCUT2D eigenvalue weighted by molar-refractivity contribution is 0.0359. The van der Waals surface area contributed by atoms with Gasteiger partial charge in [0.2, 0.25) is 0 Å². The van der Waals surface area contributed by atoms with Crippen molar-refractivity contribution in [2.24, 2.45) is 11.8 Å². The van der Waals surface area contributed by atoms with Crippen LogP contribution in [0.25, 0.3) is 0 Å². The molecule has 3 nitrogen and oxygen atoms in total. The number of aliphatic hydroxyl groups excluding tert-OH is 1. The number of rotatable bonds is 6. The van der Waals surface area contributed by atoms with Gasteiger partial charge in [-0.2, -0.15) is 0 Å². The van der Waals surface area contributed by atoms with Crippen LogP contribution in [0.5, 0.6) is 11.5 Å². The number of benzene rings is 1. The van der Waals surface area contributed by atoms with Crippen molar-refractivity contribution in [3.05, 3.63) is 24.3 Å². The Morgan fingerprint density at radius 3 is 2.65 bits per heavy atom. The molecule has 1 fully saturated rings. The maximum absolute atomic E-state index is 10.1. The monoisotopic (exact) mass is 278 g/mol. The fraction of sp³-hybridized carbons (Fsp3) is 0.647. The van der Waals surface area contributed by atoms with Crippen LogP contribution in [0, 0.1) is 11.8 Å². The van der Waals surface area contributed by atoms with E-state index >= 15 is 0 Å². The van der Waals surface area contributed by atoms with Crippen LogP contribution in [-0.4, -0.2) is 24.9 Å². The van der Waals surface area contributed by atoms with Crippen molar-refractivity contribution < 1.29 is 14.6 Å². The Morgan fingerprint density at radius 1 is 1.20 bits per heavy atom. The Labute approximate surface area is 121 Å². The molecule has 1 N–H and O–H groups in total. The number of ether oxygens (including phenoxy) is 2. The first-order chi connectivity index (χ1) is 9.74. The summed E-state index contributed by atoms with van der Waals surface area (Å²) in [6, 6.07) is 7.70. The smallest absolute Gasteiger partial charge is 0.161 e. The molecular formula is C17H26O3. The van der Waals surface area contributed by atoms with Crippen LogP contribution < -0.4 is 9.47 Å². The Bertz CT molecular complexity index is 405. The summed E-state index contributed by atoms with van der Waals surface area (Å²) in [6.45, 7) is 2.88. The molecule has 3 atom stereocenters. The van der Waals surface area contributed by atoms with Crippen LogP contribution in [0.15, 0.2) is 24.3 Å². The topological polar surface area (TPSA) is 38.7 Å². The van der Waals surface area contributed by atoms with Gasteiger partial charge in [0, 0.05) is 0 Å². The van der Waals surface area contributed by atoms with Gasteiger partial charge in [-0.3, -0.25) is 0 Å². The normalized spacial score (nSPS) is 26.2. The first-order valence-corrected chi connectivity index (χ1v) is 7.68. The third-order valence-corrected chi connectivity index (χ3v) is 4.44. The zero-order valence-electron chi connectivity index (χ0n) is 12.5. The molecule has 112 valence electrons. The first kappa shape index (κ1) is 15.2. The number of hydrogen-bond donors (Lipinski definition) is 1. The molecular weight excluding hydrogens is 252 g/mol. The summed E-state index contributed by atoms with van der Waals surface area (Å²) in [4.78, 5) is 0. The molecule has 0 bridgehead atoms. The third-order valence-electron chi connectivity index (χ3n) is 4.44. The molecule has 1 aromatic carbocycles. The lowest BCUT2D eigenvalue weighted by atomic mass is 9.77. The van der Waals surface area contributed by atoms with E-state index in [4.69, 9.17) is 9.47 Å². The van der Waals surface area contributed by atoms with Crippen LogP contribution in [-0.2, 0) is 0 Å². The van der Waals surface area contributed by atoms with Crippen molar-refractivity contribution >= 4 is 0 Å². The molecule has 20 heavy (non-hydrogen) atoms. The molecule has 0 saturated heterocycles. The van der Waals surface area contributed by atoms with E-state index < -0.39 is 0 Å². The summed E-state index contributed by atoms with van der Waals surface area (Å²) in [7, 11) is 1.65. The molecule has 2 rings (SSSR count). The second-order valence-electron chi connectivity index (χ2n) is 5.70. The lowest BCUT2D eigenvalue weighted by Crippen LogP contribution is -2.30. The highest BCUT2D eigenvalue weighted by atomic mass is 16.5. The van der Waals surface area contributed by atoms with E-state index in [0.717, 1.165) is 36.7 Å². The summed E-state index contributed by atoms with van der Waals surface area (Å²) < 4.78 is 11.1. The molecule has 3 heteroatoms. The molecule has 0 amide bonds. The van der Waals surface area contributed by atoms with E-state index in [9.17, 15) is 5.11 Å². The summed E-state index contributed by atoms with van der Waals surface area (Å²) >= 11 is 0. The number of aliphatic hydroxyl groups is 1. The Morgan fingerprint density at radius 2 is 1.95 bits per heavy atom. The van der Waals surface area contributed by atoms with Crippen LogP contribution >= 0.6 is 0 Å². The van der Waals surface area contributed by atoms with Crippen LogP contribution in [0.3, 0.4) is 0 Å². The van der Waals surface area contributed by atoms with Gasteiger partial charge in [-0.15, -0.1) is 0 Å². The van der Waals surface area contributed by atoms with E-state index in [1.165, 1.54) is 12.8 Å². The average molecular weight is 278 g/mol. The van der Waals surface area contributed by atoms with Crippen molar-refractivity contribution in [3.63, 3.8) is 0 Å². The van der Waals surface area contributed by atoms with E-state index in [1.54, 1.807) is 7.11 Å². The molecule has 1 aromatic rings. The predicted octanol–water partition coefficient (Wildman–Crippen LogP) is 3.65. The fourth-order valence-electron chi connectivity index (χ4n) is 3.08. The minimum absolute atomic E-state index is 0.154. The van der Waals surface area contributed by atoms with Crippen LogP contribution in [0.2, 0.25) is 0 Å². The van der Waals surface area contributed by atoms with Crippen molar-refractivity contribution in [2.75, 3.05) is 13.7 Å². The zero-order valence-corrected chi connectivity index (χ0v) is 12.5. The molecule has 1 saturated carbocycles. The van der Waals surface area contributed by atoms with Crippen molar-refractivity contribution in [3.8, 4) is 11.5 Å². The summed E-state index contributed by atoms with van der Waals surface area (Å²) in [5.74, 6) is 2.70. The Hall–Kier alpha value is -1.22. The van der Waals surface area contributed by atoms with Gasteiger partial charge in [0.15, 0.2) is 11.5 Å². The summed E-state index contributed by atoms with van der Waals surface area (Å²) in [6.07, 6.45) is 5.22. The lowest BCUT2D eigenvalue weighted by Gasteiger charge is -2.32. The standard InChI is InChI=1S/C17H26O3/c1-3-13-8-9-15(18)14(12-13)10-11-20-17-7-5-4-6-16(17)19-2/h4-7,13-15,18H,3,8-12H2,1-2H3. The Balaban J connectivity index is 1.82. The predicted molar refractivity (Wildman–Crippen MR) is 80.2 cm³/mol.